The summed E-state index contributed by atoms with van der Waals surface area (Å²) < 4.78 is 17.7. The van der Waals surface area contributed by atoms with E-state index in [0.29, 0.717) is 51.8 Å². The second-order valence-electron chi connectivity index (χ2n) is 10.5. The van der Waals surface area contributed by atoms with Crippen LogP contribution in [-0.4, -0.2) is 56.6 Å². The molecule has 0 unspecified atom stereocenters. The molecule has 0 aliphatic heterocycles. The van der Waals surface area contributed by atoms with Crippen molar-refractivity contribution in [3.63, 3.8) is 0 Å². The minimum Gasteiger partial charge on any atom is -0.476 e. The highest BCUT2D eigenvalue weighted by molar-refractivity contribution is 5.93. The lowest BCUT2D eigenvalue weighted by atomic mass is 9.89. The number of carbonyl (C=O) groups is 1. The molecule has 0 aliphatic carbocycles. The fourth-order valence-electron chi connectivity index (χ4n) is 4.31. The number of hydrogen-bond donors (Lipinski definition) is 2. The summed E-state index contributed by atoms with van der Waals surface area (Å²) in [5.41, 5.74) is 2.13. The Morgan fingerprint density at radius 2 is 1.72 bits per heavy atom. The van der Waals surface area contributed by atoms with Gasteiger partial charge in [-0.25, -0.2) is 4.98 Å². The molecule has 2 rings (SSSR count). The van der Waals surface area contributed by atoms with Crippen LogP contribution in [0.3, 0.4) is 0 Å². The average Bonchev–Trinajstić information content (AvgIpc) is 2.94. The van der Waals surface area contributed by atoms with Gasteiger partial charge in [0, 0.05) is 31.3 Å². The quantitative estimate of drug-likeness (QED) is 0.240. The van der Waals surface area contributed by atoms with E-state index in [2.05, 4.69) is 31.1 Å². The SMILES string of the molecule is C=C(NCC)C(CC)(CC)NC(=O)c1ccc(N(CC)COC)c(OCC(C)(C)COCc2ccccc2)n1. The number of methoxy groups -OCH3 is 1. The summed E-state index contributed by atoms with van der Waals surface area (Å²) in [6, 6.07) is 13.7. The van der Waals surface area contributed by atoms with Crippen molar-refractivity contribution in [2.24, 2.45) is 5.41 Å². The van der Waals surface area contributed by atoms with Crippen molar-refractivity contribution in [3.8, 4) is 5.88 Å². The molecule has 39 heavy (non-hydrogen) atoms. The number of nitrogens with one attached hydrogen (secondary N) is 2. The van der Waals surface area contributed by atoms with Gasteiger partial charge in [-0.15, -0.1) is 0 Å². The number of anilines is 1. The fraction of sp³-hybridized carbons (Fsp3) is 0.548. The Kier molecular flexibility index (Phi) is 12.7. The van der Waals surface area contributed by atoms with E-state index < -0.39 is 5.54 Å². The lowest BCUT2D eigenvalue weighted by molar-refractivity contribution is 0.0249. The van der Waals surface area contributed by atoms with Gasteiger partial charge in [0.05, 0.1) is 25.4 Å². The first-order valence-electron chi connectivity index (χ1n) is 13.9. The number of benzene rings is 1. The van der Waals surface area contributed by atoms with Crippen LogP contribution in [0.5, 0.6) is 5.88 Å². The molecule has 2 N–H and O–H groups in total. The van der Waals surface area contributed by atoms with E-state index in [-0.39, 0.29) is 17.0 Å². The minimum atomic E-state index is -0.571. The van der Waals surface area contributed by atoms with E-state index in [4.69, 9.17) is 19.2 Å². The van der Waals surface area contributed by atoms with Crippen molar-refractivity contribution >= 4 is 11.6 Å². The van der Waals surface area contributed by atoms with Crippen LogP contribution in [-0.2, 0) is 16.1 Å². The molecule has 1 heterocycles. The molecule has 0 spiro atoms. The van der Waals surface area contributed by atoms with Gasteiger partial charge in [0.25, 0.3) is 5.91 Å². The Labute approximate surface area is 235 Å². The van der Waals surface area contributed by atoms with E-state index in [9.17, 15) is 4.79 Å². The highest BCUT2D eigenvalue weighted by Gasteiger charge is 2.32. The van der Waals surface area contributed by atoms with E-state index in [1.807, 2.05) is 69.0 Å². The zero-order valence-corrected chi connectivity index (χ0v) is 24.9. The van der Waals surface area contributed by atoms with Gasteiger partial charge in [-0.05, 0) is 44.4 Å². The standard InChI is InChI=1S/C31H48N4O4/c1-9-31(10-2,24(5)32-11-3)34-28(36)26-18-19-27(35(12-4)23-37-8)29(33-26)39-22-30(6,7)21-38-20-25-16-14-13-15-17-25/h13-19,32H,5,9-12,20-23H2,1-4,6-8H3,(H,34,36). The highest BCUT2D eigenvalue weighted by atomic mass is 16.5. The van der Waals surface area contributed by atoms with Crippen molar-refractivity contribution in [2.45, 2.75) is 66.5 Å². The third-order valence-electron chi connectivity index (χ3n) is 6.81. The van der Waals surface area contributed by atoms with E-state index in [1.165, 1.54) is 0 Å². The number of pyridine rings is 1. The lowest BCUT2D eigenvalue weighted by Crippen LogP contribution is -2.52. The van der Waals surface area contributed by atoms with E-state index in [1.54, 1.807) is 13.2 Å². The summed E-state index contributed by atoms with van der Waals surface area (Å²) in [4.78, 5) is 20.1. The van der Waals surface area contributed by atoms with Crippen LogP contribution in [0.4, 0.5) is 5.69 Å². The fourth-order valence-corrected chi connectivity index (χ4v) is 4.31. The smallest absolute Gasteiger partial charge is 0.270 e. The van der Waals surface area contributed by atoms with Crippen molar-refractivity contribution in [3.05, 3.63) is 66.0 Å². The molecule has 1 amide bonds. The predicted molar refractivity (Wildman–Crippen MR) is 158 cm³/mol. The average molecular weight is 541 g/mol. The maximum Gasteiger partial charge on any atom is 0.270 e. The van der Waals surface area contributed by atoms with Crippen LogP contribution >= 0.6 is 0 Å². The number of carbonyl (C=O) groups excluding carboxylic acids is 1. The van der Waals surface area contributed by atoms with Gasteiger partial charge in [0.2, 0.25) is 5.88 Å². The summed E-state index contributed by atoms with van der Waals surface area (Å²) in [7, 11) is 1.65. The van der Waals surface area contributed by atoms with Crippen molar-refractivity contribution in [1.29, 1.82) is 0 Å². The summed E-state index contributed by atoms with van der Waals surface area (Å²) in [5.74, 6) is 0.121. The molecule has 1 aromatic carbocycles. The monoisotopic (exact) mass is 540 g/mol. The van der Waals surface area contributed by atoms with Gasteiger partial charge in [0.1, 0.15) is 18.1 Å². The van der Waals surface area contributed by atoms with Crippen molar-refractivity contribution < 1.29 is 19.0 Å². The van der Waals surface area contributed by atoms with Gasteiger partial charge in [-0.3, -0.25) is 4.79 Å². The molecule has 0 saturated carbocycles. The number of likely N-dealkylation sites (N-methyl/N-ethyl adjacent to an activating group) is 1. The number of ether oxygens (including phenoxy) is 3. The van der Waals surface area contributed by atoms with Gasteiger partial charge in [0.15, 0.2) is 0 Å². The Morgan fingerprint density at radius 3 is 2.31 bits per heavy atom. The Bertz CT molecular complexity index is 1040. The first-order valence-corrected chi connectivity index (χ1v) is 13.9. The second kappa shape index (κ2) is 15.5. The molecule has 0 radical (unpaired) electrons. The topological polar surface area (TPSA) is 85.0 Å². The highest BCUT2D eigenvalue weighted by Crippen LogP contribution is 2.30. The number of nitrogens with zero attached hydrogens (tertiary/aromatic N) is 2. The molecule has 0 bridgehead atoms. The zero-order chi connectivity index (χ0) is 28.9. The largest absolute Gasteiger partial charge is 0.476 e. The third-order valence-corrected chi connectivity index (χ3v) is 6.81. The van der Waals surface area contributed by atoms with Crippen LogP contribution in [0.1, 0.15) is 70.4 Å². The van der Waals surface area contributed by atoms with Gasteiger partial charge in [-0.2, -0.15) is 0 Å². The molecular weight excluding hydrogens is 492 g/mol. The molecule has 2 aromatic rings. The molecule has 0 fully saturated rings. The summed E-state index contributed by atoms with van der Waals surface area (Å²) in [6.45, 7) is 19.7. The van der Waals surface area contributed by atoms with Crippen LogP contribution in [0, 0.1) is 5.41 Å². The summed E-state index contributed by atoms with van der Waals surface area (Å²) in [5, 5.41) is 6.46. The van der Waals surface area contributed by atoms with Gasteiger partial charge in [-0.1, -0.05) is 64.6 Å². The zero-order valence-electron chi connectivity index (χ0n) is 24.9. The second-order valence-corrected chi connectivity index (χ2v) is 10.5. The minimum absolute atomic E-state index is 0.269. The van der Waals surface area contributed by atoms with E-state index in [0.717, 1.165) is 23.5 Å². The molecule has 1 aromatic heterocycles. The Hall–Kier alpha value is -3.10. The first kappa shape index (κ1) is 32.1. The van der Waals surface area contributed by atoms with Gasteiger partial charge >= 0.3 is 0 Å². The maximum atomic E-state index is 13.4. The maximum absolute atomic E-state index is 13.4. The number of hydrogen-bond acceptors (Lipinski definition) is 7. The van der Waals surface area contributed by atoms with Gasteiger partial charge < -0.3 is 29.7 Å². The van der Waals surface area contributed by atoms with Crippen LogP contribution in [0.25, 0.3) is 0 Å². The third kappa shape index (κ3) is 9.25. The molecule has 216 valence electrons. The van der Waals surface area contributed by atoms with Crippen molar-refractivity contribution in [1.82, 2.24) is 15.6 Å². The first-order chi connectivity index (χ1) is 18.6. The normalized spacial score (nSPS) is 11.7. The molecule has 0 saturated heterocycles. The number of aromatic nitrogens is 1. The molecule has 0 atom stereocenters. The number of amides is 1. The van der Waals surface area contributed by atoms with Crippen molar-refractivity contribution in [2.75, 3.05) is 45.0 Å². The molecule has 8 heteroatoms. The predicted octanol–water partition coefficient (Wildman–Crippen LogP) is 5.55. The van der Waals surface area contributed by atoms with Crippen LogP contribution in [0.15, 0.2) is 54.7 Å². The summed E-state index contributed by atoms with van der Waals surface area (Å²) in [6.07, 6.45) is 1.41. The number of rotatable bonds is 18. The molecule has 0 aliphatic rings. The van der Waals surface area contributed by atoms with Crippen LogP contribution < -0.4 is 20.3 Å². The summed E-state index contributed by atoms with van der Waals surface area (Å²) >= 11 is 0. The Morgan fingerprint density at radius 1 is 1.03 bits per heavy atom. The Balaban J connectivity index is 2.24. The van der Waals surface area contributed by atoms with E-state index >= 15 is 0 Å². The molecular formula is C31H48N4O4. The molecule has 8 nitrogen and oxygen atoms in total. The lowest BCUT2D eigenvalue weighted by Gasteiger charge is -2.35. The van der Waals surface area contributed by atoms with Crippen LogP contribution in [0.2, 0.25) is 0 Å².